The van der Waals surface area contributed by atoms with Crippen LogP contribution in [0.5, 0.6) is 0 Å². The standard InChI is InChI=1S/C17H11Cl2NO4S/c18-13-7-14(19)9-16(8-13)25(23,24)20-15-4-3-10-1-2-11(17(21)22)5-12(10)6-15/h1-9,20H,(H,21,22). The molecule has 0 heterocycles. The van der Waals surface area contributed by atoms with Gasteiger partial charge in [-0.05, 0) is 53.2 Å². The summed E-state index contributed by atoms with van der Waals surface area (Å²) in [5.41, 5.74) is 0.417. The number of sulfonamides is 1. The number of carboxylic acids is 1. The average molecular weight is 396 g/mol. The molecule has 3 aromatic carbocycles. The first-order valence-electron chi connectivity index (χ1n) is 7.01. The van der Waals surface area contributed by atoms with Crippen molar-refractivity contribution in [1.29, 1.82) is 0 Å². The molecule has 0 radical (unpaired) electrons. The minimum Gasteiger partial charge on any atom is -0.478 e. The minimum atomic E-state index is -3.89. The predicted octanol–water partition coefficient (Wildman–Crippen LogP) is 4.65. The van der Waals surface area contributed by atoms with Gasteiger partial charge in [0.25, 0.3) is 10.0 Å². The van der Waals surface area contributed by atoms with Crippen LogP contribution >= 0.6 is 23.2 Å². The Morgan fingerprint density at radius 2 is 1.52 bits per heavy atom. The van der Waals surface area contributed by atoms with Crippen molar-refractivity contribution in [3.8, 4) is 0 Å². The van der Waals surface area contributed by atoms with Crippen LogP contribution in [-0.4, -0.2) is 19.5 Å². The first-order valence-corrected chi connectivity index (χ1v) is 9.24. The van der Waals surface area contributed by atoms with E-state index in [1.807, 2.05) is 0 Å². The molecule has 0 saturated carbocycles. The van der Waals surface area contributed by atoms with E-state index in [2.05, 4.69) is 4.72 Å². The lowest BCUT2D eigenvalue weighted by Gasteiger charge is -2.10. The second-order valence-electron chi connectivity index (χ2n) is 5.29. The number of hydrogen-bond donors (Lipinski definition) is 2. The maximum absolute atomic E-state index is 12.5. The molecule has 3 aromatic rings. The number of aromatic carboxylic acids is 1. The van der Waals surface area contributed by atoms with Crippen LogP contribution < -0.4 is 4.72 Å². The van der Waals surface area contributed by atoms with E-state index in [1.54, 1.807) is 24.3 Å². The third-order valence-corrected chi connectivity index (χ3v) is 5.28. The van der Waals surface area contributed by atoms with Gasteiger partial charge < -0.3 is 5.11 Å². The van der Waals surface area contributed by atoms with Crippen LogP contribution in [0, 0.1) is 0 Å². The fourth-order valence-electron chi connectivity index (χ4n) is 2.34. The zero-order valence-electron chi connectivity index (χ0n) is 12.5. The normalized spacial score (nSPS) is 11.4. The van der Waals surface area contributed by atoms with E-state index in [0.717, 1.165) is 5.39 Å². The fourth-order valence-corrected chi connectivity index (χ4v) is 4.12. The van der Waals surface area contributed by atoms with Gasteiger partial charge in [0, 0.05) is 15.7 Å². The van der Waals surface area contributed by atoms with E-state index in [1.165, 1.54) is 30.3 Å². The molecule has 0 aliphatic heterocycles. The van der Waals surface area contributed by atoms with Gasteiger partial charge in [-0.25, -0.2) is 13.2 Å². The Morgan fingerprint density at radius 3 is 2.16 bits per heavy atom. The Balaban J connectivity index is 2.00. The lowest BCUT2D eigenvalue weighted by molar-refractivity contribution is 0.0697. The van der Waals surface area contributed by atoms with Gasteiger partial charge in [0.1, 0.15) is 0 Å². The number of carboxylic acid groups (broad SMARTS) is 1. The second kappa shape index (κ2) is 6.55. The van der Waals surface area contributed by atoms with E-state index < -0.39 is 16.0 Å². The van der Waals surface area contributed by atoms with Gasteiger partial charge in [-0.3, -0.25) is 4.72 Å². The van der Waals surface area contributed by atoms with Crippen LogP contribution in [0.3, 0.4) is 0 Å². The molecule has 25 heavy (non-hydrogen) atoms. The Hall–Kier alpha value is -2.28. The van der Waals surface area contributed by atoms with Crippen molar-refractivity contribution >= 4 is 55.7 Å². The molecule has 8 heteroatoms. The Morgan fingerprint density at radius 1 is 0.880 bits per heavy atom. The molecule has 0 atom stereocenters. The smallest absolute Gasteiger partial charge is 0.335 e. The van der Waals surface area contributed by atoms with Crippen molar-refractivity contribution in [3.05, 3.63) is 70.2 Å². The molecule has 2 N–H and O–H groups in total. The van der Waals surface area contributed by atoms with Crippen LogP contribution in [0.15, 0.2) is 59.5 Å². The van der Waals surface area contributed by atoms with Crippen molar-refractivity contribution in [3.63, 3.8) is 0 Å². The molecule has 5 nitrogen and oxygen atoms in total. The molecule has 0 bridgehead atoms. The average Bonchev–Trinajstić information content (AvgIpc) is 2.52. The molecule has 0 amide bonds. The molecule has 0 aromatic heterocycles. The van der Waals surface area contributed by atoms with Gasteiger partial charge in [0.05, 0.1) is 10.5 Å². The monoisotopic (exact) mass is 395 g/mol. The molecule has 0 aliphatic rings. The number of hydrogen-bond acceptors (Lipinski definition) is 3. The summed E-state index contributed by atoms with van der Waals surface area (Å²) in [6, 6.07) is 13.5. The number of anilines is 1. The first kappa shape index (κ1) is 17.5. The van der Waals surface area contributed by atoms with Crippen LogP contribution in [0.1, 0.15) is 10.4 Å². The summed E-state index contributed by atoms with van der Waals surface area (Å²) in [4.78, 5) is 11.0. The lowest BCUT2D eigenvalue weighted by atomic mass is 10.1. The van der Waals surface area contributed by atoms with E-state index in [0.29, 0.717) is 11.1 Å². The van der Waals surface area contributed by atoms with Crippen LogP contribution in [-0.2, 0) is 10.0 Å². The highest BCUT2D eigenvalue weighted by Crippen LogP contribution is 2.26. The van der Waals surface area contributed by atoms with Gasteiger partial charge in [-0.1, -0.05) is 35.3 Å². The Kier molecular flexibility index (Phi) is 4.60. The molecular weight excluding hydrogens is 385 g/mol. The summed E-state index contributed by atoms with van der Waals surface area (Å²) in [7, 11) is -3.89. The van der Waals surface area contributed by atoms with Crippen LogP contribution in [0.2, 0.25) is 10.0 Å². The van der Waals surface area contributed by atoms with Gasteiger partial charge in [-0.2, -0.15) is 0 Å². The highest BCUT2D eigenvalue weighted by molar-refractivity contribution is 7.92. The molecular formula is C17H11Cl2NO4S. The highest BCUT2D eigenvalue weighted by Gasteiger charge is 2.16. The van der Waals surface area contributed by atoms with Crippen molar-refractivity contribution in [2.75, 3.05) is 4.72 Å². The van der Waals surface area contributed by atoms with Crippen molar-refractivity contribution in [1.82, 2.24) is 0 Å². The lowest BCUT2D eigenvalue weighted by Crippen LogP contribution is -2.13. The van der Waals surface area contributed by atoms with Crippen molar-refractivity contribution < 1.29 is 18.3 Å². The molecule has 0 aliphatic carbocycles. The number of halogens is 2. The molecule has 128 valence electrons. The SMILES string of the molecule is O=C(O)c1ccc2ccc(NS(=O)(=O)c3cc(Cl)cc(Cl)c3)cc2c1. The van der Waals surface area contributed by atoms with Crippen LogP contribution in [0.25, 0.3) is 10.8 Å². The first-order chi connectivity index (χ1) is 11.7. The van der Waals surface area contributed by atoms with Gasteiger partial charge in [0.15, 0.2) is 0 Å². The summed E-state index contributed by atoms with van der Waals surface area (Å²) in [5, 5.41) is 10.9. The van der Waals surface area contributed by atoms with E-state index in [4.69, 9.17) is 28.3 Å². The number of benzene rings is 3. The maximum Gasteiger partial charge on any atom is 0.335 e. The molecule has 0 spiro atoms. The van der Waals surface area contributed by atoms with E-state index >= 15 is 0 Å². The number of nitrogens with one attached hydrogen (secondary N) is 1. The quantitative estimate of drug-likeness (QED) is 0.673. The van der Waals surface area contributed by atoms with E-state index in [-0.39, 0.29) is 20.5 Å². The minimum absolute atomic E-state index is 0.0654. The third kappa shape index (κ3) is 3.87. The molecule has 0 fully saturated rings. The summed E-state index contributed by atoms with van der Waals surface area (Å²) >= 11 is 11.7. The number of fused-ring (bicyclic) bond motifs is 1. The largest absolute Gasteiger partial charge is 0.478 e. The van der Waals surface area contributed by atoms with Gasteiger partial charge in [-0.15, -0.1) is 0 Å². The molecule has 3 rings (SSSR count). The number of carbonyl (C=O) groups is 1. The summed E-state index contributed by atoms with van der Waals surface area (Å²) in [5.74, 6) is -1.05. The Labute approximate surface area is 153 Å². The molecule has 0 saturated heterocycles. The van der Waals surface area contributed by atoms with Gasteiger partial charge >= 0.3 is 5.97 Å². The maximum atomic E-state index is 12.5. The predicted molar refractivity (Wildman–Crippen MR) is 98.2 cm³/mol. The zero-order chi connectivity index (χ0) is 18.2. The second-order valence-corrected chi connectivity index (χ2v) is 7.85. The summed E-state index contributed by atoms with van der Waals surface area (Å²) < 4.78 is 27.4. The topological polar surface area (TPSA) is 83.5 Å². The summed E-state index contributed by atoms with van der Waals surface area (Å²) in [6.45, 7) is 0. The third-order valence-electron chi connectivity index (χ3n) is 3.49. The van der Waals surface area contributed by atoms with Crippen LogP contribution in [0.4, 0.5) is 5.69 Å². The Bertz CT molecular complexity index is 1080. The zero-order valence-corrected chi connectivity index (χ0v) is 14.9. The van der Waals surface area contributed by atoms with E-state index in [9.17, 15) is 13.2 Å². The van der Waals surface area contributed by atoms with Crippen molar-refractivity contribution in [2.45, 2.75) is 4.90 Å². The number of rotatable bonds is 4. The molecule has 0 unspecified atom stereocenters. The fraction of sp³-hybridized carbons (Fsp3) is 0. The summed E-state index contributed by atoms with van der Waals surface area (Å²) in [6.07, 6.45) is 0. The van der Waals surface area contributed by atoms with Crippen molar-refractivity contribution in [2.24, 2.45) is 0 Å². The highest BCUT2D eigenvalue weighted by atomic mass is 35.5. The van der Waals surface area contributed by atoms with Gasteiger partial charge in [0.2, 0.25) is 0 Å².